The molecular weight excluding hydrogens is 363 g/mol. The molecule has 0 fully saturated rings. The van der Waals surface area contributed by atoms with Crippen molar-refractivity contribution in [2.24, 2.45) is 0 Å². The Morgan fingerprint density at radius 1 is 1.00 bits per heavy atom. The van der Waals surface area contributed by atoms with Gasteiger partial charge in [-0.25, -0.2) is 0 Å². The van der Waals surface area contributed by atoms with Crippen molar-refractivity contribution in [3.63, 3.8) is 0 Å². The summed E-state index contributed by atoms with van der Waals surface area (Å²) in [6.07, 6.45) is -0.606. The van der Waals surface area contributed by atoms with E-state index in [4.69, 9.17) is 32.7 Å². The van der Waals surface area contributed by atoms with Crippen molar-refractivity contribution in [2.45, 2.75) is 6.10 Å². The molecule has 0 aromatic heterocycles. The lowest BCUT2D eigenvalue weighted by Crippen LogP contribution is -2.34. The highest BCUT2D eigenvalue weighted by Gasteiger charge is 2.06. The van der Waals surface area contributed by atoms with Gasteiger partial charge in [0.15, 0.2) is 0 Å². The van der Waals surface area contributed by atoms with Crippen LogP contribution in [0.4, 0.5) is 5.69 Å². The van der Waals surface area contributed by atoms with Crippen molar-refractivity contribution in [1.29, 1.82) is 0 Å². The number of benzene rings is 2. The van der Waals surface area contributed by atoms with Gasteiger partial charge in [0.05, 0.1) is 22.8 Å². The van der Waals surface area contributed by atoms with Crippen LogP contribution in [-0.2, 0) is 0 Å². The number of methoxy groups -OCH3 is 1. The summed E-state index contributed by atoms with van der Waals surface area (Å²) in [5, 5.41) is 17.4. The van der Waals surface area contributed by atoms with Gasteiger partial charge in [0.1, 0.15) is 24.2 Å². The molecule has 1 unspecified atom stereocenters. The summed E-state index contributed by atoms with van der Waals surface area (Å²) in [5.41, 5.74) is 0.719. The van der Waals surface area contributed by atoms with E-state index in [2.05, 4.69) is 10.6 Å². The molecule has 0 saturated heterocycles. The zero-order chi connectivity index (χ0) is 18.1. The number of hydrogen-bond acceptors (Lipinski definition) is 5. The standard InChI is InChI=1S/C18H22Cl2N2O3/c1-24-14-5-7-15(8-6-14)25-12-13(23)11-21-9-10-22-18-16(19)3-2-4-17(18)20/h2-8,13,21-23H,9-12H2,1H3. The summed E-state index contributed by atoms with van der Waals surface area (Å²) in [4.78, 5) is 0. The molecule has 0 radical (unpaired) electrons. The normalized spacial score (nSPS) is 11.8. The molecule has 0 saturated carbocycles. The molecule has 3 N–H and O–H groups in total. The van der Waals surface area contributed by atoms with E-state index in [0.29, 0.717) is 35.4 Å². The van der Waals surface area contributed by atoms with Gasteiger partial charge in [0.2, 0.25) is 0 Å². The second-order valence-electron chi connectivity index (χ2n) is 5.37. The molecule has 25 heavy (non-hydrogen) atoms. The SMILES string of the molecule is COc1ccc(OCC(O)CNCCNc2c(Cl)cccc2Cl)cc1. The molecule has 0 aliphatic heterocycles. The maximum atomic E-state index is 9.94. The molecule has 5 nitrogen and oxygen atoms in total. The van der Waals surface area contributed by atoms with Crippen LogP contribution in [0.25, 0.3) is 0 Å². The molecule has 136 valence electrons. The summed E-state index contributed by atoms with van der Waals surface area (Å²) in [5.74, 6) is 1.45. The Morgan fingerprint density at radius 2 is 1.64 bits per heavy atom. The first kappa shape index (κ1) is 19.7. The first-order valence-electron chi connectivity index (χ1n) is 7.93. The van der Waals surface area contributed by atoms with Gasteiger partial charge in [0, 0.05) is 19.6 Å². The van der Waals surface area contributed by atoms with Gasteiger partial charge < -0.3 is 25.2 Å². The molecule has 0 aliphatic rings. The third kappa shape index (κ3) is 6.63. The fourth-order valence-electron chi connectivity index (χ4n) is 2.13. The number of aliphatic hydroxyl groups excluding tert-OH is 1. The average Bonchev–Trinajstić information content (AvgIpc) is 2.62. The first-order chi connectivity index (χ1) is 12.1. The van der Waals surface area contributed by atoms with Crippen LogP contribution in [0.3, 0.4) is 0 Å². The van der Waals surface area contributed by atoms with Crippen LogP contribution >= 0.6 is 23.2 Å². The van der Waals surface area contributed by atoms with E-state index < -0.39 is 6.10 Å². The number of aliphatic hydroxyl groups is 1. The predicted molar refractivity (Wildman–Crippen MR) is 102 cm³/mol. The largest absolute Gasteiger partial charge is 0.497 e. The maximum Gasteiger partial charge on any atom is 0.119 e. The molecular formula is C18H22Cl2N2O3. The highest BCUT2D eigenvalue weighted by atomic mass is 35.5. The molecule has 0 heterocycles. The number of halogens is 2. The molecule has 0 amide bonds. The number of anilines is 1. The van der Waals surface area contributed by atoms with Gasteiger partial charge in [-0.15, -0.1) is 0 Å². The predicted octanol–water partition coefficient (Wildman–Crippen LogP) is 3.44. The first-order valence-corrected chi connectivity index (χ1v) is 8.69. The lowest BCUT2D eigenvalue weighted by atomic mass is 10.3. The molecule has 2 aromatic carbocycles. The summed E-state index contributed by atoms with van der Waals surface area (Å²) in [6, 6.07) is 12.6. The molecule has 0 aliphatic carbocycles. The average molecular weight is 385 g/mol. The lowest BCUT2D eigenvalue weighted by Gasteiger charge is -2.14. The number of rotatable bonds is 10. The Bertz CT molecular complexity index is 633. The van der Waals surface area contributed by atoms with Crippen molar-refractivity contribution in [1.82, 2.24) is 5.32 Å². The van der Waals surface area contributed by atoms with Crippen molar-refractivity contribution in [2.75, 3.05) is 38.7 Å². The van der Waals surface area contributed by atoms with E-state index in [1.165, 1.54) is 0 Å². The van der Waals surface area contributed by atoms with Crippen LogP contribution in [0, 0.1) is 0 Å². The number of para-hydroxylation sites is 1. The fraction of sp³-hybridized carbons (Fsp3) is 0.333. The fourth-order valence-corrected chi connectivity index (χ4v) is 2.67. The Labute approximate surface area is 157 Å². The Kier molecular flexibility index (Phi) is 8.15. The molecule has 1 atom stereocenters. The number of ether oxygens (including phenoxy) is 2. The minimum Gasteiger partial charge on any atom is -0.497 e. The van der Waals surface area contributed by atoms with Gasteiger partial charge in [0.25, 0.3) is 0 Å². The second-order valence-corrected chi connectivity index (χ2v) is 6.18. The van der Waals surface area contributed by atoms with Crippen LogP contribution in [-0.4, -0.2) is 44.6 Å². The topological polar surface area (TPSA) is 62.8 Å². The van der Waals surface area contributed by atoms with Gasteiger partial charge in [-0.1, -0.05) is 29.3 Å². The minimum absolute atomic E-state index is 0.211. The quantitative estimate of drug-likeness (QED) is 0.547. The minimum atomic E-state index is -0.606. The smallest absolute Gasteiger partial charge is 0.119 e. The second kappa shape index (κ2) is 10.4. The van der Waals surface area contributed by atoms with E-state index in [1.54, 1.807) is 37.4 Å². The van der Waals surface area contributed by atoms with Gasteiger partial charge in [-0.2, -0.15) is 0 Å². The van der Waals surface area contributed by atoms with Crippen molar-refractivity contribution in [3.05, 3.63) is 52.5 Å². The third-order valence-electron chi connectivity index (χ3n) is 3.45. The molecule has 2 rings (SSSR count). The van der Waals surface area contributed by atoms with E-state index in [0.717, 1.165) is 11.4 Å². The summed E-state index contributed by atoms with van der Waals surface area (Å²) >= 11 is 12.2. The molecule has 0 spiro atoms. The lowest BCUT2D eigenvalue weighted by molar-refractivity contribution is 0.107. The van der Waals surface area contributed by atoms with Crippen molar-refractivity contribution in [3.8, 4) is 11.5 Å². The molecule has 2 aromatic rings. The Morgan fingerprint density at radius 3 is 2.28 bits per heavy atom. The van der Waals surface area contributed by atoms with E-state index >= 15 is 0 Å². The van der Waals surface area contributed by atoms with Crippen LogP contribution < -0.4 is 20.1 Å². The van der Waals surface area contributed by atoms with E-state index in [9.17, 15) is 5.11 Å². The molecule has 0 bridgehead atoms. The van der Waals surface area contributed by atoms with Gasteiger partial charge in [-0.3, -0.25) is 0 Å². The van der Waals surface area contributed by atoms with Gasteiger partial charge in [-0.05, 0) is 36.4 Å². The van der Waals surface area contributed by atoms with Crippen molar-refractivity contribution < 1.29 is 14.6 Å². The Balaban J connectivity index is 1.61. The molecule has 7 heteroatoms. The number of hydrogen-bond donors (Lipinski definition) is 3. The highest BCUT2D eigenvalue weighted by molar-refractivity contribution is 6.39. The summed E-state index contributed by atoms with van der Waals surface area (Å²) in [7, 11) is 1.61. The van der Waals surface area contributed by atoms with Crippen LogP contribution in [0.1, 0.15) is 0 Å². The zero-order valence-electron chi connectivity index (χ0n) is 14.0. The van der Waals surface area contributed by atoms with Crippen molar-refractivity contribution >= 4 is 28.9 Å². The number of nitrogens with one attached hydrogen (secondary N) is 2. The zero-order valence-corrected chi connectivity index (χ0v) is 15.5. The summed E-state index contributed by atoms with van der Waals surface area (Å²) < 4.78 is 10.6. The van der Waals surface area contributed by atoms with Crippen LogP contribution in [0.5, 0.6) is 11.5 Å². The Hall–Kier alpha value is -1.66. The highest BCUT2D eigenvalue weighted by Crippen LogP contribution is 2.29. The van der Waals surface area contributed by atoms with Crippen LogP contribution in [0.15, 0.2) is 42.5 Å². The third-order valence-corrected chi connectivity index (χ3v) is 4.08. The van der Waals surface area contributed by atoms with E-state index in [1.807, 2.05) is 12.1 Å². The van der Waals surface area contributed by atoms with E-state index in [-0.39, 0.29) is 6.61 Å². The maximum absolute atomic E-state index is 9.94. The monoisotopic (exact) mass is 384 g/mol. The summed E-state index contributed by atoms with van der Waals surface area (Å²) in [6.45, 7) is 1.92. The van der Waals surface area contributed by atoms with Crippen LogP contribution in [0.2, 0.25) is 10.0 Å². The van der Waals surface area contributed by atoms with Gasteiger partial charge >= 0.3 is 0 Å².